The molecule has 1 N–H and O–H groups in total. The largest absolute Gasteiger partial charge is 0.483 e. The first-order chi connectivity index (χ1) is 15.3. The lowest BCUT2D eigenvalue weighted by atomic mass is 10.0. The van der Waals surface area contributed by atoms with E-state index in [1.54, 1.807) is 4.90 Å². The number of hydrogen-bond donors (Lipinski definition) is 1. The Labute approximate surface area is 193 Å². The van der Waals surface area contributed by atoms with Crippen LogP contribution in [0.4, 0.5) is 0 Å². The van der Waals surface area contributed by atoms with Crippen LogP contribution in [0, 0.1) is 5.92 Å². The summed E-state index contributed by atoms with van der Waals surface area (Å²) in [6, 6.07) is 17.3. The molecule has 0 fully saturated rings. The van der Waals surface area contributed by atoms with Crippen molar-refractivity contribution >= 4 is 11.8 Å². The van der Waals surface area contributed by atoms with Crippen LogP contribution in [-0.4, -0.2) is 42.5 Å². The molecule has 2 amide bonds. The average molecular weight is 439 g/mol. The molecule has 0 aliphatic rings. The van der Waals surface area contributed by atoms with Gasteiger partial charge in [0.2, 0.25) is 5.91 Å². The van der Waals surface area contributed by atoms with Crippen molar-refractivity contribution in [3.8, 4) is 5.75 Å². The molecule has 2 aromatic carbocycles. The van der Waals surface area contributed by atoms with Gasteiger partial charge in [-0.2, -0.15) is 0 Å². The summed E-state index contributed by atoms with van der Waals surface area (Å²) < 4.78 is 5.94. The molecule has 0 radical (unpaired) electrons. The molecule has 5 nitrogen and oxygen atoms in total. The van der Waals surface area contributed by atoms with Crippen LogP contribution in [0.15, 0.2) is 54.6 Å². The molecule has 1 atom stereocenters. The third kappa shape index (κ3) is 7.70. The van der Waals surface area contributed by atoms with E-state index in [1.807, 2.05) is 61.5 Å². The number of para-hydroxylation sites is 1. The minimum atomic E-state index is -0.520. The van der Waals surface area contributed by atoms with Gasteiger partial charge in [0.25, 0.3) is 5.91 Å². The van der Waals surface area contributed by atoms with Gasteiger partial charge in [0.05, 0.1) is 0 Å². The highest BCUT2D eigenvalue weighted by molar-refractivity contribution is 5.88. The second-order valence-electron chi connectivity index (χ2n) is 8.87. The van der Waals surface area contributed by atoms with E-state index >= 15 is 0 Å². The van der Waals surface area contributed by atoms with E-state index in [0.717, 1.165) is 16.9 Å². The molecular weight excluding hydrogens is 400 g/mol. The predicted octanol–water partition coefficient (Wildman–Crippen LogP) is 4.81. The van der Waals surface area contributed by atoms with Crippen molar-refractivity contribution in [2.24, 2.45) is 5.92 Å². The van der Waals surface area contributed by atoms with Crippen molar-refractivity contribution in [3.63, 3.8) is 0 Å². The van der Waals surface area contributed by atoms with Gasteiger partial charge in [0.15, 0.2) is 6.61 Å². The molecule has 2 rings (SSSR count). The molecule has 32 heavy (non-hydrogen) atoms. The number of rotatable bonds is 12. The fourth-order valence-electron chi connectivity index (χ4n) is 3.63. The molecule has 0 unspecified atom stereocenters. The normalized spacial score (nSPS) is 12.0. The lowest BCUT2D eigenvalue weighted by molar-refractivity contribution is -0.142. The van der Waals surface area contributed by atoms with Crippen LogP contribution < -0.4 is 10.1 Å². The number of nitrogens with zero attached hydrogens (tertiary/aromatic N) is 1. The van der Waals surface area contributed by atoms with Crippen molar-refractivity contribution in [1.29, 1.82) is 0 Å². The molecule has 0 heterocycles. The fraction of sp³-hybridized carbons (Fsp3) is 0.481. The Kier molecular flexibility index (Phi) is 10.3. The number of nitrogens with one attached hydrogen (secondary N) is 1. The van der Waals surface area contributed by atoms with Crippen molar-refractivity contribution in [1.82, 2.24) is 10.2 Å². The predicted molar refractivity (Wildman–Crippen MR) is 130 cm³/mol. The quantitative estimate of drug-likeness (QED) is 0.517. The minimum absolute atomic E-state index is 0.0908. The third-order valence-electron chi connectivity index (χ3n) is 5.45. The van der Waals surface area contributed by atoms with E-state index in [4.69, 9.17) is 4.74 Å². The molecule has 0 spiro atoms. The Hall–Kier alpha value is -2.82. The molecule has 2 aromatic rings. The zero-order valence-corrected chi connectivity index (χ0v) is 20.1. The highest BCUT2D eigenvalue weighted by Gasteiger charge is 2.28. The highest BCUT2D eigenvalue weighted by atomic mass is 16.5. The second kappa shape index (κ2) is 12.9. The molecule has 0 saturated heterocycles. The number of hydrogen-bond acceptors (Lipinski definition) is 3. The van der Waals surface area contributed by atoms with Crippen LogP contribution in [0.1, 0.15) is 58.1 Å². The SMILES string of the molecule is CC[C@@H](C(=O)NCC(C)C)N(CCc1ccccc1)C(=O)COc1ccccc1C(C)C. The Morgan fingerprint density at radius 1 is 0.969 bits per heavy atom. The van der Waals surface area contributed by atoms with Gasteiger partial charge in [-0.3, -0.25) is 9.59 Å². The molecule has 0 aliphatic carbocycles. The van der Waals surface area contributed by atoms with E-state index in [9.17, 15) is 9.59 Å². The van der Waals surface area contributed by atoms with E-state index in [-0.39, 0.29) is 18.4 Å². The van der Waals surface area contributed by atoms with Crippen LogP contribution >= 0.6 is 0 Å². The van der Waals surface area contributed by atoms with Gasteiger partial charge in [-0.15, -0.1) is 0 Å². The average Bonchev–Trinajstić information content (AvgIpc) is 2.79. The first-order valence-electron chi connectivity index (χ1n) is 11.7. The summed E-state index contributed by atoms with van der Waals surface area (Å²) >= 11 is 0. The Morgan fingerprint density at radius 3 is 2.25 bits per heavy atom. The lowest BCUT2D eigenvalue weighted by Gasteiger charge is -2.31. The van der Waals surface area contributed by atoms with Gasteiger partial charge >= 0.3 is 0 Å². The topological polar surface area (TPSA) is 58.6 Å². The minimum Gasteiger partial charge on any atom is -0.483 e. The summed E-state index contributed by atoms with van der Waals surface area (Å²) in [6.07, 6.45) is 1.23. The maximum Gasteiger partial charge on any atom is 0.261 e. The van der Waals surface area contributed by atoms with Crippen LogP contribution in [0.3, 0.4) is 0 Å². The van der Waals surface area contributed by atoms with Crippen LogP contribution in [0.2, 0.25) is 0 Å². The first kappa shape index (κ1) is 25.4. The molecule has 0 aromatic heterocycles. The van der Waals surface area contributed by atoms with Crippen molar-refractivity contribution in [2.75, 3.05) is 19.7 Å². The molecule has 5 heteroatoms. The van der Waals surface area contributed by atoms with Gasteiger partial charge in [0.1, 0.15) is 11.8 Å². The monoisotopic (exact) mass is 438 g/mol. The van der Waals surface area contributed by atoms with Crippen LogP contribution in [0.25, 0.3) is 0 Å². The highest BCUT2D eigenvalue weighted by Crippen LogP contribution is 2.26. The van der Waals surface area contributed by atoms with Crippen molar-refractivity contribution in [2.45, 2.75) is 59.4 Å². The van der Waals surface area contributed by atoms with Gasteiger partial charge in [0, 0.05) is 13.1 Å². The van der Waals surface area contributed by atoms with Gasteiger partial charge in [-0.25, -0.2) is 0 Å². The summed E-state index contributed by atoms with van der Waals surface area (Å²) in [5.41, 5.74) is 2.20. The van der Waals surface area contributed by atoms with E-state index < -0.39 is 6.04 Å². The van der Waals surface area contributed by atoms with Crippen molar-refractivity contribution in [3.05, 3.63) is 65.7 Å². The maximum absolute atomic E-state index is 13.3. The zero-order chi connectivity index (χ0) is 23.5. The number of carbonyl (C=O) groups excluding carboxylic acids is 2. The van der Waals surface area contributed by atoms with Gasteiger partial charge in [-0.1, -0.05) is 83.1 Å². The summed E-state index contributed by atoms with van der Waals surface area (Å²) in [7, 11) is 0. The third-order valence-corrected chi connectivity index (χ3v) is 5.45. The standard InChI is InChI=1S/C27H38N2O3/c1-6-24(27(31)28-18-20(2)3)29(17-16-22-12-8-7-9-13-22)26(30)19-32-25-15-11-10-14-23(25)21(4)5/h7-15,20-21,24H,6,16-19H2,1-5H3,(H,28,31)/t24-/m0/s1. The Bertz CT molecular complexity index is 849. The molecule has 174 valence electrons. The summed E-state index contributed by atoms with van der Waals surface area (Å²) in [5, 5.41) is 2.99. The summed E-state index contributed by atoms with van der Waals surface area (Å²) in [6.45, 7) is 11.2. The number of carbonyl (C=O) groups is 2. The smallest absolute Gasteiger partial charge is 0.261 e. The summed E-state index contributed by atoms with van der Waals surface area (Å²) in [5.74, 6) is 1.08. The maximum atomic E-state index is 13.3. The zero-order valence-electron chi connectivity index (χ0n) is 20.1. The van der Waals surface area contributed by atoms with E-state index in [2.05, 4.69) is 33.0 Å². The number of benzene rings is 2. The molecule has 0 saturated carbocycles. The molecular formula is C27H38N2O3. The number of ether oxygens (including phenoxy) is 1. The van der Waals surface area contributed by atoms with E-state index in [1.165, 1.54) is 0 Å². The van der Waals surface area contributed by atoms with Crippen LogP contribution in [0.5, 0.6) is 5.75 Å². The van der Waals surface area contributed by atoms with Crippen LogP contribution in [-0.2, 0) is 16.0 Å². The molecule has 0 aliphatic heterocycles. The second-order valence-corrected chi connectivity index (χ2v) is 8.87. The van der Waals surface area contributed by atoms with E-state index in [0.29, 0.717) is 37.8 Å². The first-order valence-corrected chi connectivity index (χ1v) is 11.7. The Balaban J connectivity index is 2.16. The summed E-state index contributed by atoms with van der Waals surface area (Å²) in [4.78, 5) is 27.9. The lowest BCUT2D eigenvalue weighted by Crippen LogP contribution is -2.51. The van der Waals surface area contributed by atoms with Gasteiger partial charge in [-0.05, 0) is 41.9 Å². The van der Waals surface area contributed by atoms with Crippen molar-refractivity contribution < 1.29 is 14.3 Å². The van der Waals surface area contributed by atoms with Gasteiger partial charge < -0.3 is 15.0 Å². The number of amides is 2. The molecule has 0 bridgehead atoms. The fourth-order valence-corrected chi connectivity index (χ4v) is 3.63. The Morgan fingerprint density at radius 2 is 1.62 bits per heavy atom.